The van der Waals surface area contributed by atoms with Crippen molar-refractivity contribution in [2.24, 2.45) is 0 Å². The summed E-state index contributed by atoms with van der Waals surface area (Å²) in [6.07, 6.45) is 3.51. The van der Waals surface area contributed by atoms with Crippen LogP contribution >= 0.6 is 0 Å². The number of fused-ring (bicyclic) bond motifs is 3. The standard InChI is InChI=1S/C12H12N4O3/c17-12(18)9-4-11-13-10(1-2-16(11)14-9)15-5-7-3-8(6-15)19-7/h1-2,4,7-8H,3,5-6H2,(H,17,18). The van der Waals surface area contributed by atoms with Gasteiger partial charge >= 0.3 is 5.97 Å². The Labute approximate surface area is 108 Å². The van der Waals surface area contributed by atoms with Gasteiger partial charge in [0.2, 0.25) is 0 Å². The fourth-order valence-electron chi connectivity index (χ4n) is 2.69. The smallest absolute Gasteiger partial charge is 0.356 e. The Morgan fingerprint density at radius 2 is 2.16 bits per heavy atom. The second kappa shape index (κ2) is 3.67. The highest BCUT2D eigenvalue weighted by molar-refractivity contribution is 5.86. The van der Waals surface area contributed by atoms with E-state index in [1.807, 2.05) is 6.07 Å². The van der Waals surface area contributed by atoms with Crippen LogP contribution in [0.2, 0.25) is 0 Å². The fraction of sp³-hybridized carbons (Fsp3) is 0.417. The van der Waals surface area contributed by atoms with Gasteiger partial charge in [0, 0.05) is 31.8 Å². The van der Waals surface area contributed by atoms with Crippen LogP contribution in [-0.2, 0) is 4.74 Å². The van der Waals surface area contributed by atoms with Gasteiger partial charge in [-0.05, 0) is 6.07 Å². The average molecular weight is 260 g/mol. The molecule has 0 radical (unpaired) electrons. The lowest BCUT2D eigenvalue weighted by Crippen LogP contribution is -2.57. The molecule has 0 aliphatic carbocycles. The normalized spacial score (nSPS) is 25.4. The molecule has 3 aliphatic heterocycles. The number of piperidine rings is 1. The number of rotatable bonds is 2. The quantitative estimate of drug-likeness (QED) is 0.842. The van der Waals surface area contributed by atoms with Crippen LogP contribution in [0.4, 0.5) is 5.82 Å². The minimum atomic E-state index is -1.04. The Morgan fingerprint density at radius 3 is 2.84 bits per heavy atom. The van der Waals surface area contributed by atoms with Crippen LogP contribution in [0, 0.1) is 0 Å². The van der Waals surface area contributed by atoms with Crippen molar-refractivity contribution >= 4 is 17.4 Å². The van der Waals surface area contributed by atoms with Crippen molar-refractivity contribution in [2.45, 2.75) is 18.6 Å². The summed E-state index contributed by atoms with van der Waals surface area (Å²) in [5.41, 5.74) is 0.560. The third-order valence-corrected chi connectivity index (χ3v) is 3.61. The summed E-state index contributed by atoms with van der Waals surface area (Å²) in [5.74, 6) is -0.193. The Morgan fingerprint density at radius 1 is 1.42 bits per heavy atom. The van der Waals surface area contributed by atoms with E-state index in [2.05, 4.69) is 15.0 Å². The molecule has 7 heteroatoms. The lowest BCUT2D eigenvalue weighted by Gasteiger charge is -2.47. The monoisotopic (exact) mass is 260 g/mol. The van der Waals surface area contributed by atoms with E-state index in [4.69, 9.17) is 9.84 Å². The molecule has 2 aromatic rings. The summed E-state index contributed by atoms with van der Waals surface area (Å²) in [6.45, 7) is 1.69. The predicted molar refractivity (Wildman–Crippen MR) is 65.4 cm³/mol. The number of carbonyl (C=O) groups is 1. The zero-order chi connectivity index (χ0) is 13.0. The molecule has 7 nitrogen and oxygen atoms in total. The minimum Gasteiger partial charge on any atom is -0.476 e. The number of carboxylic acid groups (broad SMARTS) is 1. The van der Waals surface area contributed by atoms with Crippen molar-refractivity contribution in [2.75, 3.05) is 18.0 Å². The molecule has 19 heavy (non-hydrogen) atoms. The Kier molecular flexibility index (Phi) is 2.08. The molecule has 0 spiro atoms. The molecule has 2 atom stereocenters. The van der Waals surface area contributed by atoms with Crippen LogP contribution in [-0.4, -0.2) is 51.0 Å². The van der Waals surface area contributed by atoms with E-state index in [0.717, 1.165) is 25.3 Å². The second-order valence-electron chi connectivity index (χ2n) is 4.94. The third-order valence-electron chi connectivity index (χ3n) is 3.61. The highest BCUT2D eigenvalue weighted by atomic mass is 16.5. The zero-order valence-electron chi connectivity index (χ0n) is 10.1. The van der Waals surface area contributed by atoms with Crippen molar-refractivity contribution in [1.82, 2.24) is 14.6 Å². The van der Waals surface area contributed by atoms with E-state index in [1.54, 1.807) is 6.20 Å². The summed E-state index contributed by atoms with van der Waals surface area (Å²) < 4.78 is 7.07. The van der Waals surface area contributed by atoms with Gasteiger partial charge in [0.1, 0.15) is 5.82 Å². The van der Waals surface area contributed by atoms with E-state index in [-0.39, 0.29) is 5.69 Å². The molecule has 0 saturated carbocycles. The van der Waals surface area contributed by atoms with E-state index >= 15 is 0 Å². The number of nitrogens with zero attached hydrogens (tertiary/aromatic N) is 4. The molecule has 2 aromatic heterocycles. The molecule has 5 heterocycles. The largest absolute Gasteiger partial charge is 0.476 e. The first-order valence-electron chi connectivity index (χ1n) is 6.19. The van der Waals surface area contributed by atoms with Gasteiger partial charge in [-0.15, -0.1) is 0 Å². The maximum atomic E-state index is 10.9. The summed E-state index contributed by atoms with van der Waals surface area (Å²) in [6, 6.07) is 3.34. The molecular weight excluding hydrogens is 248 g/mol. The lowest BCUT2D eigenvalue weighted by atomic mass is 9.99. The van der Waals surface area contributed by atoms with Gasteiger partial charge in [-0.1, -0.05) is 0 Å². The number of anilines is 1. The summed E-state index contributed by atoms with van der Waals surface area (Å²) in [7, 11) is 0. The number of morpholine rings is 1. The Bertz CT molecular complexity index is 652. The molecule has 2 bridgehead atoms. The molecule has 5 rings (SSSR count). The number of ether oxygens (including phenoxy) is 1. The number of aromatic carboxylic acids is 1. The maximum absolute atomic E-state index is 10.9. The molecule has 98 valence electrons. The fourth-order valence-corrected chi connectivity index (χ4v) is 2.69. The van der Waals surface area contributed by atoms with Gasteiger partial charge in [-0.3, -0.25) is 0 Å². The topological polar surface area (TPSA) is 80.0 Å². The van der Waals surface area contributed by atoms with Crippen molar-refractivity contribution in [1.29, 1.82) is 0 Å². The molecular formula is C12H12N4O3. The van der Waals surface area contributed by atoms with Crippen molar-refractivity contribution in [3.8, 4) is 0 Å². The Balaban J connectivity index is 1.69. The summed E-state index contributed by atoms with van der Waals surface area (Å²) in [5, 5.41) is 12.8. The maximum Gasteiger partial charge on any atom is 0.356 e. The van der Waals surface area contributed by atoms with Crippen LogP contribution in [0.5, 0.6) is 0 Å². The third kappa shape index (κ3) is 1.66. The first kappa shape index (κ1) is 10.7. The van der Waals surface area contributed by atoms with Crippen molar-refractivity contribution in [3.63, 3.8) is 0 Å². The highest BCUT2D eigenvalue weighted by Crippen LogP contribution is 2.30. The average Bonchev–Trinajstić information content (AvgIpc) is 2.81. The molecule has 3 fully saturated rings. The van der Waals surface area contributed by atoms with E-state index in [1.165, 1.54) is 10.6 Å². The predicted octanol–water partition coefficient (Wildman–Crippen LogP) is 0.405. The first-order chi connectivity index (χ1) is 9.19. The first-order valence-corrected chi connectivity index (χ1v) is 6.19. The van der Waals surface area contributed by atoms with Gasteiger partial charge in [-0.2, -0.15) is 5.10 Å². The van der Waals surface area contributed by atoms with E-state index in [0.29, 0.717) is 17.9 Å². The van der Waals surface area contributed by atoms with Crippen molar-refractivity contribution < 1.29 is 14.6 Å². The number of hydrogen-bond acceptors (Lipinski definition) is 5. The van der Waals surface area contributed by atoms with Crippen molar-refractivity contribution in [3.05, 3.63) is 24.0 Å². The van der Waals surface area contributed by atoms with Crippen LogP contribution in [0.1, 0.15) is 16.9 Å². The van der Waals surface area contributed by atoms with Crippen LogP contribution in [0.3, 0.4) is 0 Å². The molecule has 0 amide bonds. The van der Waals surface area contributed by atoms with E-state index in [9.17, 15) is 4.79 Å². The Hall–Kier alpha value is -2.15. The molecule has 2 unspecified atom stereocenters. The summed E-state index contributed by atoms with van der Waals surface area (Å²) in [4.78, 5) is 17.5. The zero-order valence-corrected chi connectivity index (χ0v) is 10.1. The van der Waals surface area contributed by atoms with Gasteiger partial charge in [0.15, 0.2) is 11.3 Å². The minimum absolute atomic E-state index is 0.00877. The molecule has 0 aromatic carbocycles. The number of aromatic nitrogens is 3. The van der Waals surface area contributed by atoms with Gasteiger partial charge < -0.3 is 14.7 Å². The van der Waals surface area contributed by atoms with E-state index < -0.39 is 5.97 Å². The molecule has 3 saturated heterocycles. The van der Waals surface area contributed by atoms with Gasteiger partial charge in [0.25, 0.3) is 0 Å². The lowest BCUT2D eigenvalue weighted by molar-refractivity contribution is -0.133. The molecule has 1 N–H and O–H groups in total. The second-order valence-corrected chi connectivity index (χ2v) is 4.94. The van der Waals surface area contributed by atoms with Crippen LogP contribution in [0.15, 0.2) is 18.3 Å². The van der Waals surface area contributed by atoms with Crippen LogP contribution in [0.25, 0.3) is 5.65 Å². The molecule has 3 aliphatic rings. The number of carboxylic acids is 1. The van der Waals surface area contributed by atoms with Gasteiger partial charge in [0.05, 0.1) is 12.2 Å². The SMILES string of the molecule is O=C(O)c1cc2nc(N3CC4CC(C3)O4)ccn2n1. The van der Waals surface area contributed by atoms with Gasteiger partial charge in [-0.25, -0.2) is 14.3 Å². The number of hydrogen-bond donors (Lipinski definition) is 1. The highest BCUT2D eigenvalue weighted by Gasteiger charge is 2.38. The summed E-state index contributed by atoms with van der Waals surface area (Å²) >= 11 is 0. The van der Waals surface area contributed by atoms with Crippen LogP contribution < -0.4 is 4.90 Å².